The lowest BCUT2D eigenvalue weighted by atomic mass is 10.0. The fourth-order valence-corrected chi connectivity index (χ4v) is 1.39. The number of carbonyl (C=O) groups excluding carboxylic acids is 1. The average molecular weight is 233 g/mol. The van der Waals surface area contributed by atoms with E-state index in [0.717, 1.165) is 11.5 Å². The second-order valence-corrected chi connectivity index (χ2v) is 3.61. The van der Waals surface area contributed by atoms with Gasteiger partial charge in [0, 0.05) is 18.9 Å². The Labute approximate surface area is 102 Å². The van der Waals surface area contributed by atoms with Crippen LogP contribution in [0.3, 0.4) is 0 Å². The first-order valence-corrected chi connectivity index (χ1v) is 5.49. The SMILES string of the molecule is C=C[C](C)c1cc(OCC)cc(OC(C)=O)c1. The number of esters is 1. The van der Waals surface area contributed by atoms with Crippen LogP contribution in [-0.4, -0.2) is 12.6 Å². The van der Waals surface area contributed by atoms with Gasteiger partial charge in [-0.1, -0.05) is 13.0 Å². The van der Waals surface area contributed by atoms with Gasteiger partial charge in [0.15, 0.2) is 0 Å². The quantitative estimate of drug-likeness (QED) is 0.579. The van der Waals surface area contributed by atoms with Gasteiger partial charge in [0.05, 0.1) is 6.61 Å². The second-order valence-electron chi connectivity index (χ2n) is 3.61. The minimum atomic E-state index is -0.346. The minimum absolute atomic E-state index is 0.346. The zero-order valence-electron chi connectivity index (χ0n) is 10.4. The summed E-state index contributed by atoms with van der Waals surface area (Å²) in [6.45, 7) is 9.50. The maximum atomic E-state index is 10.9. The van der Waals surface area contributed by atoms with Crippen molar-refractivity contribution in [1.29, 1.82) is 0 Å². The second kappa shape index (κ2) is 6.09. The van der Waals surface area contributed by atoms with Crippen molar-refractivity contribution in [3.05, 3.63) is 42.3 Å². The van der Waals surface area contributed by atoms with E-state index in [1.807, 2.05) is 19.9 Å². The van der Waals surface area contributed by atoms with Crippen LogP contribution in [0.1, 0.15) is 26.3 Å². The summed E-state index contributed by atoms with van der Waals surface area (Å²) in [5.74, 6) is 1.82. The Bertz CT molecular complexity index is 410. The van der Waals surface area contributed by atoms with Crippen LogP contribution in [0.5, 0.6) is 11.5 Å². The molecule has 0 amide bonds. The van der Waals surface area contributed by atoms with Crippen molar-refractivity contribution in [2.75, 3.05) is 6.61 Å². The maximum Gasteiger partial charge on any atom is 0.308 e. The molecule has 0 aliphatic heterocycles. The summed E-state index contributed by atoms with van der Waals surface area (Å²) >= 11 is 0. The van der Waals surface area contributed by atoms with E-state index in [1.165, 1.54) is 6.92 Å². The molecule has 0 heterocycles. The van der Waals surface area contributed by atoms with Gasteiger partial charge in [0.2, 0.25) is 0 Å². The number of hydrogen-bond donors (Lipinski definition) is 0. The summed E-state index contributed by atoms with van der Waals surface area (Å²) in [5.41, 5.74) is 0.933. The molecule has 0 spiro atoms. The first kappa shape index (κ1) is 13.3. The molecule has 1 aromatic carbocycles. The van der Waals surface area contributed by atoms with Crippen LogP contribution in [0.25, 0.3) is 0 Å². The molecule has 91 valence electrons. The Morgan fingerprint density at radius 3 is 2.47 bits per heavy atom. The van der Waals surface area contributed by atoms with Crippen molar-refractivity contribution in [3.8, 4) is 11.5 Å². The summed E-state index contributed by atoms with van der Waals surface area (Å²) in [4.78, 5) is 10.9. The van der Waals surface area contributed by atoms with Crippen LogP contribution in [-0.2, 0) is 4.79 Å². The van der Waals surface area contributed by atoms with Crippen molar-refractivity contribution >= 4 is 5.97 Å². The molecule has 1 radical (unpaired) electrons. The monoisotopic (exact) mass is 233 g/mol. The molecule has 0 aromatic heterocycles. The number of rotatable bonds is 5. The number of allylic oxidation sites excluding steroid dienone is 1. The first-order valence-electron chi connectivity index (χ1n) is 5.49. The van der Waals surface area contributed by atoms with Crippen molar-refractivity contribution in [2.24, 2.45) is 0 Å². The minimum Gasteiger partial charge on any atom is -0.494 e. The van der Waals surface area contributed by atoms with Crippen molar-refractivity contribution < 1.29 is 14.3 Å². The van der Waals surface area contributed by atoms with Gasteiger partial charge in [-0.25, -0.2) is 0 Å². The zero-order valence-corrected chi connectivity index (χ0v) is 10.4. The summed E-state index contributed by atoms with van der Waals surface area (Å²) in [6, 6.07) is 5.39. The molecule has 3 nitrogen and oxygen atoms in total. The summed E-state index contributed by atoms with van der Waals surface area (Å²) in [6.07, 6.45) is 1.75. The van der Waals surface area contributed by atoms with Gasteiger partial charge in [-0.3, -0.25) is 4.79 Å². The van der Waals surface area contributed by atoms with E-state index in [1.54, 1.807) is 18.2 Å². The Balaban J connectivity index is 3.08. The maximum absolute atomic E-state index is 10.9. The molecule has 0 aliphatic rings. The molecule has 0 N–H and O–H groups in total. The molecule has 0 unspecified atom stereocenters. The van der Waals surface area contributed by atoms with Gasteiger partial charge in [-0.2, -0.15) is 0 Å². The highest BCUT2D eigenvalue weighted by molar-refractivity contribution is 5.69. The van der Waals surface area contributed by atoms with Crippen molar-refractivity contribution in [1.82, 2.24) is 0 Å². The third-order valence-corrected chi connectivity index (χ3v) is 2.21. The highest BCUT2D eigenvalue weighted by Crippen LogP contribution is 2.27. The van der Waals surface area contributed by atoms with Crippen molar-refractivity contribution in [2.45, 2.75) is 20.8 Å². The van der Waals surface area contributed by atoms with Crippen molar-refractivity contribution in [3.63, 3.8) is 0 Å². The Kier molecular flexibility index (Phi) is 4.76. The van der Waals surface area contributed by atoms with Crippen LogP contribution in [0.2, 0.25) is 0 Å². The van der Waals surface area contributed by atoms with Gasteiger partial charge < -0.3 is 9.47 Å². The third kappa shape index (κ3) is 3.94. The molecular formula is C14H17O3. The topological polar surface area (TPSA) is 35.5 Å². The number of carbonyl (C=O) groups is 1. The van der Waals surface area contributed by atoms with E-state index >= 15 is 0 Å². The van der Waals surface area contributed by atoms with Gasteiger partial charge >= 0.3 is 5.97 Å². The van der Waals surface area contributed by atoms with E-state index in [4.69, 9.17) is 9.47 Å². The van der Waals surface area contributed by atoms with Crippen LogP contribution >= 0.6 is 0 Å². The van der Waals surface area contributed by atoms with Crippen LogP contribution in [0.4, 0.5) is 0 Å². The number of benzene rings is 1. The lowest BCUT2D eigenvalue weighted by molar-refractivity contribution is -0.131. The Morgan fingerprint density at radius 1 is 1.29 bits per heavy atom. The molecule has 0 bridgehead atoms. The Morgan fingerprint density at radius 2 is 1.94 bits per heavy atom. The molecule has 0 fully saturated rings. The van der Waals surface area contributed by atoms with Crippen LogP contribution in [0, 0.1) is 5.92 Å². The summed E-state index contributed by atoms with van der Waals surface area (Å²) < 4.78 is 10.5. The van der Waals surface area contributed by atoms with E-state index in [0.29, 0.717) is 18.1 Å². The van der Waals surface area contributed by atoms with Gasteiger partial charge in [-0.05, 0) is 24.6 Å². The van der Waals surface area contributed by atoms with E-state index in [-0.39, 0.29) is 5.97 Å². The Hall–Kier alpha value is -1.77. The van der Waals surface area contributed by atoms with Crippen LogP contribution in [0.15, 0.2) is 30.9 Å². The molecule has 17 heavy (non-hydrogen) atoms. The third-order valence-electron chi connectivity index (χ3n) is 2.21. The van der Waals surface area contributed by atoms with Gasteiger partial charge in [-0.15, -0.1) is 6.58 Å². The lowest BCUT2D eigenvalue weighted by Crippen LogP contribution is -2.03. The van der Waals surface area contributed by atoms with E-state index in [9.17, 15) is 4.79 Å². The fourth-order valence-electron chi connectivity index (χ4n) is 1.39. The largest absolute Gasteiger partial charge is 0.494 e. The van der Waals surface area contributed by atoms with E-state index < -0.39 is 0 Å². The molecule has 0 atom stereocenters. The molecule has 1 aromatic rings. The summed E-state index contributed by atoms with van der Waals surface area (Å²) in [5, 5.41) is 0. The number of hydrogen-bond acceptors (Lipinski definition) is 3. The molecule has 1 rings (SSSR count). The average Bonchev–Trinajstić information content (AvgIpc) is 2.27. The van der Waals surface area contributed by atoms with E-state index in [2.05, 4.69) is 6.58 Å². The lowest BCUT2D eigenvalue weighted by Gasteiger charge is -2.12. The first-order chi connectivity index (χ1) is 8.06. The predicted molar refractivity (Wildman–Crippen MR) is 67.1 cm³/mol. The fraction of sp³-hybridized carbons (Fsp3) is 0.286. The summed E-state index contributed by atoms with van der Waals surface area (Å²) in [7, 11) is 0. The zero-order chi connectivity index (χ0) is 12.8. The predicted octanol–water partition coefficient (Wildman–Crippen LogP) is 3.14. The van der Waals surface area contributed by atoms with Gasteiger partial charge in [0.1, 0.15) is 11.5 Å². The highest BCUT2D eigenvalue weighted by Gasteiger charge is 2.08. The molecule has 3 heteroatoms. The number of ether oxygens (including phenoxy) is 2. The molecular weight excluding hydrogens is 216 g/mol. The molecule has 0 saturated heterocycles. The van der Waals surface area contributed by atoms with Gasteiger partial charge in [0.25, 0.3) is 0 Å². The standard InChI is InChI=1S/C14H17O3/c1-5-10(3)12-7-13(16-6-2)9-14(8-12)17-11(4)15/h5,7-9H,1,6H2,2-4H3. The highest BCUT2D eigenvalue weighted by atomic mass is 16.5. The van der Waals surface area contributed by atoms with Crippen LogP contribution < -0.4 is 9.47 Å². The normalized spacial score (nSPS) is 10.1. The molecule has 0 aliphatic carbocycles. The smallest absolute Gasteiger partial charge is 0.308 e. The molecule has 0 saturated carbocycles.